The third kappa shape index (κ3) is 2.98. The van der Waals surface area contributed by atoms with Gasteiger partial charge in [0.25, 0.3) is 0 Å². The molecule has 0 radical (unpaired) electrons. The molecule has 2 heterocycles. The number of pyridine rings is 1. The second-order valence-corrected chi connectivity index (χ2v) is 6.73. The van der Waals surface area contributed by atoms with Gasteiger partial charge in [0.2, 0.25) is 0 Å². The highest BCUT2D eigenvalue weighted by Gasteiger charge is 2.15. The normalized spacial score (nSPS) is 11.0. The highest BCUT2D eigenvalue weighted by molar-refractivity contribution is 9.10. The Morgan fingerprint density at radius 1 is 1.04 bits per heavy atom. The number of hydrogen-bond donors (Lipinski definition) is 2. The predicted molar refractivity (Wildman–Crippen MR) is 104 cm³/mol. The lowest BCUT2D eigenvalue weighted by Crippen LogP contribution is -1.97. The monoisotopic (exact) mass is 393 g/mol. The van der Waals surface area contributed by atoms with Gasteiger partial charge >= 0.3 is 0 Å². The molecule has 124 valence electrons. The standard InChI is InChI=1S/C20H16BrN3O/c1-13-8-9-15(12-17(13)21)22-20-19(14-5-4-6-16(25)11-14)23-18-7-2-3-10-24(18)20/h2-12,22,25H,1H3. The van der Waals surface area contributed by atoms with Crippen molar-refractivity contribution in [2.75, 3.05) is 5.32 Å². The SMILES string of the molecule is Cc1ccc(Nc2c(-c3cccc(O)c3)nc3ccccn23)cc1Br. The van der Waals surface area contributed by atoms with E-state index < -0.39 is 0 Å². The number of phenolic OH excluding ortho intramolecular Hbond substituents is 1. The number of fused-ring (bicyclic) bond motifs is 1. The summed E-state index contributed by atoms with van der Waals surface area (Å²) in [5.74, 6) is 1.08. The Labute approximate surface area is 153 Å². The van der Waals surface area contributed by atoms with Gasteiger partial charge in [-0.1, -0.05) is 40.2 Å². The van der Waals surface area contributed by atoms with Gasteiger partial charge in [-0.15, -0.1) is 0 Å². The Balaban J connectivity index is 1.88. The molecule has 0 amide bonds. The molecule has 4 nitrogen and oxygen atoms in total. The average molecular weight is 394 g/mol. The van der Waals surface area contributed by atoms with Crippen molar-refractivity contribution < 1.29 is 5.11 Å². The summed E-state index contributed by atoms with van der Waals surface area (Å²) >= 11 is 3.58. The van der Waals surface area contributed by atoms with Crippen LogP contribution in [-0.2, 0) is 0 Å². The lowest BCUT2D eigenvalue weighted by Gasteiger charge is -2.10. The minimum atomic E-state index is 0.221. The number of hydrogen-bond acceptors (Lipinski definition) is 3. The molecule has 0 saturated heterocycles. The number of halogens is 1. The molecule has 4 rings (SSSR count). The third-order valence-corrected chi connectivity index (χ3v) is 4.94. The molecule has 0 bridgehead atoms. The number of imidazole rings is 1. The number of aryl methyl sites for hydroxylation is 1. The fourth-order valence-corrected chi connectivity index (χ4v) is 3.16. The molecule has 0 fully saturated rings. The number of rotatable bonds is 3. The highest BCUT2D eigenvalue weighted by Crippen LogP contribution is 2.33. The third-order valence-electron chi connectivity index (χ3n) is 4.08. The second-order valence-electron chi connectivity index (χ2n) is 5.88. The van der Waals surface area contributed by atoms with E-state index in [1.54, 1.807) is 12.1 Å². The number of phenols is 1. The smallest absolute Gasteiger partial charge is 0.143 e. The van der Waals surface area contributed by atoms with E-state index in [9.17, 15) is 5.11 Å². The van der Waals surface area contributed by atoms with Crippen LogP contribution in [0.2, 0.25) is 0 Å². The first-order valence-electron chi connectivity index (χ1n) is 7.91. The molecule has 0 atom stereocenters. The summed E-state index contributed by atoms with van der Waals surface area (Å²) in [6, 6.07) is 19.2. The van der Waals surface area contributed by atoms with E-state index in [1.807, 2.05) is 53.1 Å². The molecular formula is C20H16BrN3O. The van der Waals surface area contributed by atoms with Crippen molar-refractivity contribution in [2.45, 2.75) is 6.92 Å². The van der Waals surface area contributed by atoms with Gasteiger partial charge in [-0.3, -0.25) is 4.40 Å². The Morgan fingerprint density at radius 2 is 1.92 bits per heavy atom. The molecule has 5 heteroatoms. The van der Waals surface area contributed by atoms with Crippen LogP contribution in [0.1, 0.15) is 5.56 Å². The van der Waals surface area contributed by atoms with Crippen molar-refractivity contribution in [3.05, 3.63) is 76.9 Å². The average Bonchev–Trinajstić information content (AvgIpc) is 2.97. The van der Waals surface area contributed by atoms with Gasteiger partial charge in [0.05, 0.1) is 0 Å². The maximum Gasteiger partial charge on any atom is 0.143 e. The molecule has 2 aromatic heterocycles. The van der Waals surface area contributed by atoms with E-state index in [-0.39, 0.29) is 5.75 Å². The van der Waals surface area contributed by atoms with Crippen molar-refractivity contribution in [3.63, 3.8) is 0 Å². The van der Waals surface area contributed by atoms with Crippen molar-refractivity contribution >= 4 is 33.1 Å². The fourth-order valence-electron chi connectivity index (χ4n) is 2.78. The maximum atomic E-state index is 9.84. The topological polar surface area (TPSA) is 49.6 Å². The Bertz CT molecular complexity index is 1070. The molecule has 0 unspecified atom stereocenters. The van der Waals surface area contributed by atoms with Crippen molar-refractivity contribution in [1.29, 1.82) is 0 Å². The van der Waals surface area contributed by atoms with Gasteiger partial charge in [0.15, 0.2) is 0 Å². The first kappa shape index (κ1) is 15.7. The first-order chi connectivity index (χ1) is 12.1. The van der Waals surface area contributed by atoms with Gasteiger partial charge in [-0.05, 0) is 48.9 Å². The van der Waals surface area contributed by atoms with Crippen LogP contribution in [0.4, 0.5) is 11.5 Å². The Morgan fingerprint density at radius 3 is 2.72 bits per heavy atom. The highest BCUT2D eigenvalue weighted by atomic mass is 79.9. The molecule has 0 aliphatic rings. The van der Waals surface area contributed by atoms with E-state index in [0.717, 1.165) is 32.9 Å². The number of aromatic hydroxyl groups is 1. The molecule has 0 saturated carbocycles. The minimum Gasteiger partial charge on any atom is -0.508 e. The zero-order chi connectivity index (χ0) is 17.4. The van der Waals surface area contributed by atoms with Gasteiger partial charge in [0.1, 0.15) is 22.9 Å². The number of aromatic nitrogens is 2. The van der Waals surface area contributed by atoms with Gasteiger partial charge < -0.3 is 10.4 Å². The van der Waals surface area contributed by atoms with Crippen LogP contribution in [0.25, 0.3) is 16.9 Å². The zero-order valence-electron chi connectivity index (χ0n) is 13.6. The van der Waals surface area contributed by atoms with Gasteiger partial charge in [0, 0.05) is 21.9 Å². The van der Waals surface area contributed by atoms with Crippen LogP contribution >= 0.6 is 15.9 Å². The van der Waals surface area contributed by atoms with E-state index in [1.165, 1.54) is 5.56 Å². The molecule has 0 aliphatic heterocycles. The summed E-state index contributed by atoms with van der Waals surface area (Å²) < 4.78 is 3.05. The van der Waals surface area contributed by atoms with E-state index >= 15 is 0 Å². The Hall–Kier alpha value is -2.79. The largest absolute Gasteiger partial charge is 0.508 e. The van der Waals surface area contributed by atoms with Gasteiger partial charge in [-0.2, -0.15) is 0 Å². The number of nitrogens with one attached hydrogen (secondary N) is 1. The van der Waals surface area contributed by atoms with Crippen LogP contribution in [0.15, 0.2) is 71.3 Å². The predicted octanol–water partition coefficient (Wildman–Crippen LogP) is 5.52. The van der Waals surface area contributed by atoms with Gasteiger partial charge in [-0.25, -0.2) is 4.98 Å². The zero-order valence-corrected chi connectivity index (χ0v) is 15.2. The summed E-state index contributed by atoms with van der Waals surface area (Å²) in [6.45, 7) is 2.06. The molecule has 25 heavy (non-hydrogen) atoms. The van der Waals surface area contributed by atoms with Crippen LogP contribution in [0.3, 0.4) is 0 Å². The number of anilines is 2. The first-order valence-corrected chi connectivity index (χ1v) is 8.71. The lowest BCUT2D eigenvalue weighted by molar-refractivity contribution is 0.475. The number of benzene rings is 2. The summed E-state index contributed by atoms with van der Waals surface area (Å²) in [7, 11) is 0. The second kappa shape index (κ2) is 6.26. The van der Waals surface area contributed by atoms with Crippen molar-refractivity contribution in [3.8, 4) is 17.0 Å². The van der Waals surface area contributed by atoms with E-state index in [4.69, 9.17) is 4.98 Å². The number of nitrogens with zero attached hydrogens (tertiary/aromatic N) is 2. The van der Waals surface area contributed by atoms with Crippen LogP contribution in [0.5, 0.6) is 5.75 Å². The molecule has 0 spiro atoms. The minimum absolute atomic E-state index is 0.221. The van der Waals surface area contributed by atoms with Crippen molar-refractivity contribution in [2.24, 2.45) is 0 Å². The van der Waals surface area contributed by atoms with Crippen LogP contribution in [-0.4, -0.2) is 14.5 Å². The van der Waals surface area contributed by atoms with Crippen molar-refractivity contribution in [1.82, 2.24) is 9.38 Å². The molecular weight excluding hydrogens is 378 g/mol. The summed E-state index contributed by atoms with van der Waals surface area (Å²) in [5, 5.41) is 13.3. The van der Waals surface area contributed by atoms with E-state index in [2.05, 4.69) is 34.2 Å². The van der Waals surface area contributed by atoms with Crippen LogP contribution in [0, 0.1) is 6.92 Å². The maximum absolute atomic E-state index is 9.84. The quantitative estimate of drug-likeness (QED) is 0.481. The fraction of sp³-hybridized carbons (Fsp3) is 0.0500. The van der Waals surface area contributed by atoms with Crippen LogP contribution < -0.4 is 5.32 Å². The molecule has 2 aromatic carbocycles. The Kier molecular flexibility index (Phi) is 3.93. The summed E-state index contributed by atoms with van der Waals surface area (Å²) in [6.07, 6.45) is 1.97. The summed E-state index contributed by atoms with van der Waals surface area (Å²) in [5.41, 5.74) is 4.63. The molecule has 2 N–H and O–H groups in total. The summed E-state index contributed by atoms with van der Waals surface area (Å²) in [4.78, 5) is 4.74. The lowest BCUT2D eigenvalue weighted by atomic mass is 10.1. The van der Waals surface area contributed by atoms with E-state index in [0.29, 0.717) is 0 Å². The molecule has 0 aliphatic carbocycles. The molecule has 4 aromatic rings.